The number of hydrogen-bond acceptors (Lipinski definition) is 5. The molecule has 30 heavy (non-hydrogen) atoms. The third-order valence-electron chi connectivity index (χ3n) is 4.17. The van der Waals surface area contributed by atoms with Crippen molar-refractivity contribution in [1.82, 2.24) is 19.9 Å². The summed E-state index contributed by atoms with van der Waals surface area (Å²) in [6, 6.07) is 24.0. The summed E-state index contributed by atoms with van der Waals surface area (Å²) in [6.45, 7) is 0. The fourth-order valence-corrected chi connectivity index (χ4v) is 3.63. The highest BCUT2D eigenvalue weighted by molar-refractivity contribution is 7.99. The van der Waals surface area contributed by atoms with E-state index in [9.17, 15) is 4.79 Å². The second kappa shape index (κ2) is 9.15. The molecule has 0 aliphatic rings. The highest BCUT2D eigenvalue weighted by Crippen LogP contribution is 2.29. The molecule has 2 heterocycles. The normalized spacial score (nSPS) is 10.4. The van der Waals surface area contributed by atoms with Crippen LogP contribution in [0.25, 0.3) is 22.1 Å². The third-order valence-corrected chi connectivity index (χ3v) is 5.16. The molecule has 0 atom stereocenters. The Bertz CT molecular complexity index is 1240. The molecule has 0 bridgehead atoms. The first-order valence-corrected chi connectivity index (χ1v) is 9.99. The highest BCUT2D eigenvalue weighted by atomic mass is 32.2. The number of nitrogens with one attached hydrogen (secondary N) is 3. The quantitative estimate of drug-likeness (QED) is 0.362. The van der Waals surface area contributed by atoms with Crippen LogP contribution in [0.15, 0.2) is 88.9 Å². The summed E-state index contributed by atoms with van der Waals surface area (Å²) < 4.78 is 4.54. The predicted molar refractivity (Wildman–Crippen MR) is 119 cm³/mol. The number of nitrogens with zero attached hydrogens (tertiary/aromatic N) is 2. The van der Waals surface area contributed by atoms with Gasteiger partial charge in [-0.2, -0.15) is 0 Å². The molecule has 0 radical (unpaired) electrons. The molecule has 0 saturated carbocycles. The Labute approximate surface area is 176 Å². The van der Waals surface area contributed by atoms with E-state index < -0.39 is 6.09 Å². The summed E-state index contributed by atoms with van der Waals surface area (Å²) in [7, 11) is 1.31. The fourth-order valence-electron chi connectivity index (χ4n) is 2.76. The molecule has 3 N–H and O–H groups in total. The van der Waals surface area contributed by atoms with Gasteiger partial charge in [0.25, 0.3) is 0 Å². The molecule has 0 aliphatic carbocycles. The number of carbonyl (C=O) groups excluding carboxylic acids is 1. The second-order valence-electron chi connectivity index (χ2n) is 6.22. The molecular weight excluding hydrogens is 398 g/mol. The van der Waals surface area contributed by atoms with Crippen LogP contribution >= 0.6 is 11.8 Å². The average molecular weight is 417 g/mol. The lowest BCUT2D eigenvalue weighted by atomic mass is 10.3. The van der Waals surface area contributed by atoms with Crippen molar-refractivity contribution in [2.24, 2.45) is 0 Å². The Balaban J connectivity index is 0.000000200. The Hall–Kier alpha value is -3.78. The van der Waals surface area contributed by atoms with E-state index in [4.69, 9.17) is 0 Å². The van der Waals surface area contributed by atoms with E-state index in [1.165, 1.54) is 12.0 Å². The zero-order valence-corrected chi connectivity index (χ0v) is 16.9. The van der Waals surface area contributed by atoms with Crippen molar-refractivity contribution in [2.45, 2.75) is 9.79 Å². The van der Waals surface area contributed by atoms with Gasteiger partial charge in [-0.15, -0.1) is 0 Å². The minimum absolute atomic E-state index is 0.374. The summed E-state index contributed by atoms with van der Waals surface area (Å²) in [5, 5.41) is 2.52. The van der Waals surface area contributed by atoms with E-state index in [1.54, 1.807) is 18.1 Å². The number of hydrogen-bond donors (Lipinski definition) is 3. The van der Waals surface area contributed by atoms with Gasteiger partial charge in [0, 0.05) is 9.79 Å². The third kappa shape index (κ3) is 4.79. The number of benzene rings is 3. The Morgan fingerprint density at radius 1 is 0.933 bits per heavy atom. The van der Waals surface area contributed by atoms with Gasteiger partial charge in [-0.1, -0.05) is 42.1 Å². The van der Waals surface area contributed by atoms with Crippen molar-refractivity contribution in [1.29, 1.82) is 0 Å². The number of rotatable bonds is 3. The Morgan fingerprint density at radius 3 is 2.53 bits per heavy atom. The summed E-state index contributed by atoms with van der Waals surface area (Å²) in [4.78, 5) is 27.8. The van der Waals surface area contributed by atoms with Crippen molar-refractivity contribution < 1.29 is 9.53 Å². The zero-order chi connectivity index (χ0) is 20.8. The SMILES string of the molecule is COC(=O)Nc1nc2cc(Sc3ccccc3)ccc2[nH]1.c1ccc2[nH]cnc2c1. The summed E-state index contributed by atoms with van der Waals surface area (Å²) in [6.07, 6.45) is 1.15. The number of ether oxygens (including phenoxy) is 1. The number of imidazole rings is 2. The minimum atomic E-state index is -0.548. The van der Waals surface area contributed by atoms with Gasteiger partial charge in [-0.05, 0) is 42.5 Å². The number of aromatic nitrogens is 4. The smallest absolute Gasteiger partial charge is 0.413 e. The van der Waals surface area contributed by atoms with Gasteiger partial charge < -0.3 is 14.7 Å². The van der Waals surface area contributed by atoms with E-state index in [0.717, 1.165) is 27.0 Å². The maximum absolute atomic E-state index is 11.2. The van der Waals surface area contributed by atoms with Crippen LogP contribution in [0.5, 0.6) is 0 Å². The molecule has 0 fully saturated rings. The first-order valence-electron chi connectivity index (χ1n) is 9.17. The molecule has 5 aromatic rings. The number of fused-ring (bicyclic) bond motifs is 2. The molecule has 150 valence electrons. The van der Waals surface area contributed by atoms with Gasteiger partial charge in [-0.25, -0.2) is 14.8 Å². The van der Waals surface area contributed by atoms with E-state index >= 15 is 0 Å². The lowest BCUT2D eigenvalue weighted by molar-refractivity contribution is 0.186. The van der Waals surface area contributed by atoms with Gasteiger partial charge in [0.1, 0.15) is 0 Å². The Kier molecular flexibility index (Phi) is 5.95. The summed E-state index contributed by atoms with van der Waals surface area (Å²) in [5.41, 5.74) is 3.77. The molecule has 0 unspecified atom stereocenters. The van der Waals surface area contributed by atoms with Crippen LogP contribution in [0.1, 0.15) is 0 Å². The van der Waals surface area contributed by atoms with Crippen molar-refractivity contribution in [3.63, 3.8) is 0 Å². The number of amides is 1. The van der Waals surface area contributed by atoms with E-state index in [2.05, 4.69) is 42.1 Å². The fraction of sp³-hybridized carbons (Fsp3) is 0.0455. The molecule has 5 rings (SSSR count). The summed E-state index contributed by atoms with van der Waals surface area (Å²) in [5.74, 6) is 0.374. The topological polar surface area (TPSA) is 95.7 Å². The van der Waals surface area contributed by atoms with Crippen molar-refractivity contribution in [3.05, 3.63) is 79.1 Å². The maximum atomic E-state index is 11.2. The van der Waals surface area contributed by atoms with Crippen LogP contribution in [0, 0.1) is 0 Å². The zero-order valence-electron chi connectivity index (χ0n) is 16.1. The predicted octanol–water partition coefficient (Wildman–Crippen LogP) is 5.46. The largest absolute Gasteiger partial charge is 0.453 e. The number of carbonyl (C=O) groups is 1. The first kappa shape index (κ1) is 19.5. The Morgan fingerprint density at radius 2 is 1.73 bits per heavy atom. The molecule has 1 amide bonds. The minimum Gasteiger partial charge on any atom is -0.453 e. The van der Waals surface area contributed by atoms with Crippen molar-refractivity contribution in [2.75, 3.05) is 12.4 Å². The van der Waals surface area contributed by atoms with Crippen molar-refractivity contribution in [3.8, 4) is 0 Å². The van der Waals surface area contributed by atoms with Gasteiger partial charge in [0.15, 0.2) is 0 Å². The maximum Gasteiger partial charge on any atom is 0.413 e. The van der Waals surface area contributed by atoms with E-state index in [1.807, 2.05) is 60.7 Å². The van der Waals surface area contributed by atoms with E-state index in [-0.39, 0.29) is 0 Å². The molecule has 0 spiro atoms. The first-order chi connectivity index (χ1) is 14.7. The number of aromatic amines is 2. The standard InChI is InChI=1S/C15H13N3O2S.C7H6N2/c1-20-15(19)18-14-16-12-8-7-11(9-13(12)17-14)21-10-5-3-2-4-6-10;1-2-4-7-6(3-1)8-5-9-7/h2-9H,1H3,(H2,16,17,18,19);1-5H,(H,8,9). The average Bonchev–Trinajstić information content (AvgIpc) is 3.41. The lowest BCUT2D eigenvalue weighted by Gasteiger charge is -2.00. The number of methoxy groups -OCH3 is 1. The van der Waals surface area contributed by atoms with Crippen LogP contribution in [-0.2, 0) is 4.74 Å². The van der Waals surface area contributed by atoms with Crippen LogP contribution in [0.2, 0.25) is 0 Å². The van der Waals surface area contributed by atoms with Crippen LogP contribution in [0.3, 0.4) is 0 Å². The van der Waals surface area contributed by atoms with Gasteiger partial charge in [0.05, 0.1) is 35.5 Å². The number of para-hydroxylation sites is 2. The summed E-state index contributed by atoms with van der Waals surface area (Å²) >= 11 is 1.66. The lowest BCUT2D eigenvalue weighted by Crippen LogP contribution is -2.11. The van der Waals surface area contributed by atoms with E-state index in [0.29, 0.717) is 5.95 Å². The molecular formula is C22H19N5O2S. The van der Waals surface area contributed by atoms with Crippen molar-refractivity contribution >= 4 is 45.9 Å². The number of H-pyrrole nitrogens is 2. The molecule has 2 aromatic heterocycles. The van der Waals surface area contributed by atoms with Gasteiger partial charge >= 0.3 is 6.09 Å². The molecule has 0 saturated heterocycles. The molecule has 0 aliphatic heterocycles. The van der Waals surface area contributed by atoms with Crippen LogP contribution in [0.4, 0.5) is 10.7 Å². The molecule has 3 aromatic carbocycles. The van der Waals surface area contributed by atoms with Crippen LogP contribution in [-0.4, -0.2) is 33.1 Å². The van der Waals surface area contributed by atoms with Crippen LogP contribution < -0.4 is 5.32 Å². The second-order valence-corrected chi connectivity index (χ2v) is 7.36. The monoisotopic (exact) mass is 417 g/mol. The molecule has 7 nitrogen and oxygen atoms in total. The van der Waals surface area contributed by atoms with Gasteiger partial charge in [0.2, 0.25) is 5.95 Å². The number of anilines is 1. The highest BCUT2D eigenvalue weighted by Gasteiger charge is 2.07. The molecule has 8 heteroatoms. The van der Waals surface area contributed by atoms with Gasteiger partial charge in [-0.3, -0.25) is 5.32 Å².